The number of methoxy groups -OCH3 is 1. The molecule has 0 bridgehead atoms. The lowest BCUT2D eigenvalue weighted by molar-refractivity contribution is -0.123. The van der Waals surface area contributed by atoms with Crippen LogP contribution in [0.2, 0.25) is 0 Å². The molecule has 0 aliphatic heterocycles. The van der Waals surface area contributed by atoms with E-state index in [-0.39, 0.29) is 46.0 Å². The fourth-order valence-corrected chi connectivity index (χ4v) is 3.67. The number of nitrogens with one attached hydrogen (secondary N) is 3. The van der Waals surface area contributed by atoms with Crippen molar-refractivity contribution in [1.29, 1.82) is 0 Å². The van der Waals surface area contributed by atoms with Crippen LogP contribution >= 0.6 is 27.5 Å². The maximum absolute atomic E-state index is 14.0. The number of aromatic nitrogens is 1. The van der Waals surface area contributed by atoms with Crippen molar-refractivity contribution in [1.82, 2.24) is 15.0 Å². The number of carbonyl (C=O) groups excluding carboxylic acids is 3. The number of aliphatic hydroxyl groups is 1. The van der Waals surface area contributed by atoms with Gasteiger partial charge in [-0.1, -0.05) is 15.9 Å². The number of anilines is 1. The molecule has 1 unspecified atom stereocenters. The van der Waals surface area contributed by atoms with Crippen LogP contribution in [0.25, 0.3) is 0 Å². The second-order valence-electron chi connectivity index (χ2n) is 6.73. The summed E-state index contributed by atoms with van der Waals surface area (Å²) in [5.41, 5.74) is 4.65. The Morgan fingerprint density at radius 1 is 1.26 bits per heavy atom. The van der Waals surface area contributed by atoms with Gasteiger partial charge in [-0.2, -0.15) is 4.37 Å². The van der Waals surface area contributed by atoms with Crippen molar-refractivity contribution in [3.63, 3.8) is 0 Å². The molecule has 11 nitrogen and oxygen atoms in total. The average molecular weight is 566 g/mol. The van der Waals surface area contributed by atoms with E-state index in [4.69, 9.17) is 15.2 Å². The molecule has 1 heterocycles. The van der Waals surface area contributed by atoms with Gasteiger partial charge in [0.05, 0.1) is 24.7 Å². The molecule has 0 saturated heterocycles. The number of halogens is 3. The average Bonchev–Trinajstić information content (AvgIpc) is 3.14. The summed E-state index contributed by atoms with van der Waals surface area (Å²) in [6.45, 7) is -0.250. The van der Waals surface area contributed by atoms with E-state index in [2.05, 4.69) is 36.3 Å². The normalized spacial score (nSPS) is 11.6. The van der Waals surface area contributed by atoms with E-state index < -0.39 is 42.2 Å². The van der Waals surface area contributed by atoms with Crippen molar-refractivity contribution in [3.8, 4) is 5.88 Å². The summed E-state index contributed by atoms with van der Waals surface area (Å²) in [7, 11) is 1.48. The fraction of sp³-hybridized carbons (Fsp3) is 0.368. The zero-order valence-electron chi connectivity index (χ0n) is 17.8. The number of hydrogen-bond acceptors (Lipinski definition) is 8. The van der Waals surface area contributed by atoms with E-state index >= 15 is 0 Å². The Balaban J connectivity index is 1.94. The van der Waals surface area contributed by atoms with Gasteiger partial charge in [-0.15, -0.1) is 0 Å². The van der Waals surface area contributed by atoms with Crippen molar-refractivity contribution in [2.45, 2.75) is 19.1 Å². The lowest BCUT2D eigenvalue weighted by Crippen LogP contribution is -2.38. The van der Waals surface area contributed by atoms with Gasteiger partial charge in [-0.05, 0) is 23.7 Å². The molecule has 0 spiro atoms. The molecule has 0 aliphatic rings. The zero-order valence-corrected chi connectivity index (χ0v) is 20.2. The molecule has 2 aromatic rings. The predicted octanol–water partition coefficient (Wildman–Crippen LogP) is 1.50. The second kappa shape index (κ2) is 13.1. The van der Waals surface area contributed by atoms with E-state index in [0.717, 1.165) is 12.1 Å². The number of hydrogen-bond donors (Lipinski definition) is 5. The SMILES string of the molecule is COCCNC(=O)CC(O)CNC(=O)Nc1snc(OCc2c(F)cc(Br)cc2F)c1C(N)=O. The van der Waals surface area contributed by atoms with Gasteiger partial charge in [0.25, 0.3) is 5.91 Å². The Morgan fingerprint density at radius 2 is 1.94 bits per heavy atom. The first-order chi connectivity index (χ1) is 16.1. The molecule has 0 saturated carbocycles. The van der Waals surface area contributed by atoms with Crippen molar-refractivity contribution in [3.05, 3.63) is 39.4 Å². The topological polar surface area (TPSA) is 165 Å². The lowest BCUT2D eigenvalue weighted by Gasteiger charge is -2.12. The molecule has 1 aromatic carbocycles. The smallest absolute Gasteiger partial charge is 0.320 e. The summed E-state index contributed by atoms with van der Waals surface area (Å²) in [5, 5.41) is 17.0. The highest BCUT2D eigenvalue weighted by Gasteiger charge is 2.23. The predicted molar refractivity (Wildman–Crippen MR) is 122 cm³/mol. The first kappa shape index (κ1) is 27.4. The van der Waals surface area contributed by atoms with Crippen LogP contribution in [-0.4, -0.2) is 60.2 Å². The molecule has 1 atom stereocenters. The monoisotopic (exact) mass is 565 g/mol. The number of benzene rings is 1. The number of carbonyl (C=O) groups is 3. The highest BCUT2D eigenvalue weighted by Crippen LogP contribution is 2.31. The molecular formula is C19H22BrF2N5O6S. The number of urea groups is 1. The van der Waals surface area contributed by atoms with E-state index in [1.165, 1.54) is 7.11 Å². The third kappa shape index (κ3) is 8.16. The highest BCUT2D eigenvalue weighted by atomic mass is 79.9. The molecule has 4 amide bonds. The number of nitrogens with zero attached hydrogens (tertiary/aromatic N) is 1. The van der Waals surface area contributed by atoms with Gasteiger partial charge in [0.1, 0.15) is 28.8 Å². The molecule has 1 aromatic heterocycles. The molecule has 186 valence electrons. The van der Waals surface area contributed by atoms with E-state index in [9.17, 15) is 28.3 Å². The van der Waals surface area contributed by atoms with Crippen LogP contribution in [0.1, 0.15) is 22.3 Å². The van der Waals surface area contributed by atoms with Crippen molar-refractivity contribution < 1.29 is 37.7 Å². The summed E-state index contributed by atoms with van der Waals surface area (Å²) < 4.78 is 42.1. The van der Waals surface area contributed by atoms with E-state index in [1.807, 2.05) is 0 Å². The van der Waals surface area contributed by atoms with Crippen LogP contribution in [0.3, 0.4) is 0 Å². The summed E-state index contributed by atoms with van der Waals surface area (Å²) in [6, 6.07) is 1.28. The number of amides is 4. The van der Waals surface area contributed by atoms with E-state index in [1.54, 1.807) is 0 Å². The first-order valence-electron chi connectivity index (χ1n) is 9.66. The third-order valence-electron chi connectivity index (χ3n) is 4.14. The van der Waals surface area contributed by atoms with Gasteiger partial charge in [0.15, 0.2) is 0 Å². The van der Waals surface area contributed by atoms with Crippen molar-refractivity contribution in [2.24, 2.45) is 5.73 Å². The lowest BCUT2D eigenvalue weighted by atomic mass is 10.2. The Bertz CT molecular complexity index is 1020. The maximum atomic E-state index is 14.0. The Kier molecular flexibility index (Phi) is 10.6. The summed E-state index contributed by atoms with van der Waals surface area (Å²) in [6.07, 6.45) is -1.42. The molecule has 6 N–H and O–H groups in total. The summed E-state index contributed by atoms with van der Waals surface area (Å²) in [5.74, 6) is -3.48. The molecule has 0 aliphatic carbocycles. The number of ether oxygens (including phenoxy) is 2. The quantitative estimate of drug-likeness (QED) is 0.243. The highest BCUT2D eigenvalue weighted by molar-refractivity contribution is 9.10. The van der Waals surface area contributed by atoms with Crippen LogP contribution in [0, 0.1) is 11.6 Å². The van der Waals surface area contributed by atoms with Gasteiger partial charge in [0.2, 0.25) is 11.8 Å². The number of nitrogens with two attached hydrogens (primary N) is 1. The second-order valence-corrected chi connectivity index (χ2v) is 8.42. The largest absolute Gasteiger partial charge is 0.471 e. The Hall–Kier alpha value is -2.88. The van der Waals surface area contributed by atoms with Crippen molar-refractivity contribution in [2.75, 3.05) is 32.1 Å². The standard InChI is InChI=1S/C19H22BrF2N5O6S/c1-32-3-2-24-14(29)6-10(28)7-25-19(31)26-18-15(16(23)30)17(27-34-18)33-8-11-12(21)4-9(20)5-13(11)22/h4-5,10,28H,2-3,6-8H2,1H3,(H2,23,30)(H,24,29)(H2,25,26,31). The first-order valence-corrected chi connectivity index (χ1v) is 11.2. The molecular weight excluding hydrogens is 544 g/mol. The van der Waals surface area contributed by atoms with Crippen LogP contribution in [-0.2, 0) is 16.1 Å². The minimum absolute atomic E-state index is 0.0800. The molecule has 0 fully saturated rings. The fourth-order valence-electron chi connectivity index (χ4n) is 2.54. The summed E-state index contributed by atoms with van der Waals surface area (Å²) >= 11 is 3.62. The number of primary amides is 1. The minimum atomic E-state index is -1.17. The van der Waals surface area contributed by atoms with Gasteiger partial charge in [-0.3, -0.25) is 14.9 Å². The molecule has 2 rings (SSSR count). The van der Waals surface area contributed by atoms with Crippen LogP contribution < -0.4 is 26.4 Å². The van der Waals surface area contributed by atoms with Gasteiger partial charge >= 0.3 is 6.03 Å². The molecule has 34 heavy (non-hydrogen) atoms. The van der Waals surface area contributed by atoms with Crippen LogP contribution in [0.4, 0.5) is 18.6 Å². The Labute approximate surface area is 205 Å². The third-order valence-corrected chi connectivity index (χ3v) is 5.34. The molecule has 0 radical (unpaired) electrons. The van der Waals surface area contributed by atoms with E-state index in [0.29, 0.717) is 18.1 Å². The summed E-state index contributed by atoms with van der Waals surface area (Å²) in [4.78, 5) is 35.6. The number of rotatable bonds is 12. The van der Waals surface area contributed by atoms with Gasteiger partial charge < -0.3 is 30.9 Å². The molecule has 15 heteroatoms. The van der Waals surface area contributed by atoms with Crippen molar-refractivity contribution >= 4 is 50.3 Å². The van der Waals surface area contributed by atoms with Crippen LogP contribution in [0.5, 0.6) is 5.88 Å². The van der Waals surface area contributed by atoms with Gasteiger partial charge in [-0.25, -0.2) is 13.6 Å². The number of aliphatic hydroxyl groups excluding tert-OH is 1. The maximum Gasteiger partial charge on any atom is 0.320 e. The zero-order chi connectivity index (χ0) is 25.3. The van der Waals surface area contributed by atoms with Gasteiger partial charge in [0, 0.05) is 24.7 Å². The Morgan fingerprint density at radius 3 is 2.56 bits per heavy atom. The minimum Gasteiger partial charge on any atom is -0.471 e. The van der Waals surface area contributed by atoms with Crippen LogP contribution in [0.15, 0.2) is 16.6 Å².